The van der Waals surface area contributed by atoms with E-state index in [-0.39, 0.29) is 0 Å². The zero-order valence-electron chi connectivity index (χ0n) is 10.3. The Morgan fingerprint density at radius 2 is 2.33 bits per heavy atom. The summed E-state index contributed by atoms with van der Waals surface area (Å²) in [6, 6.07) is 0. The van der Waals surface area contributed by atoms with Crippen LogP contribution in [0.3, 0.4) is 0 Å². The zero-order valence-corrected chi connectivity index (χ0v) is 10.3. The molecule has 0 radical (unpaired) electrons. The van der Waals surface area contributed by atoms with Crippen LogP contribution in [0.1, 0.15) is 6.92 Å². The number of morpholine rings is 1. The first-order valence-electron chi connectivity index (χ1n) is 5.80. The summed E-state index contributed by atoms with van der Waals surface area (Å²) in [5.41, 5.74) is 5.61. The Bertz CT molecular complexity index is 177. The quantitative estimate of drug-likeness (QED) is 0.692. The molecule has 1 aliphatic rings. The third kappa shape index (κ3) is 4.93. The van der Waals surface area contributed by atoms with Crippen LogP contribution in [-0.4, -0.2) is 69.3 Å². The molecule has 1 aliphatic heterocycles. The first kappa shape index (κ1) is 12.9. The highest BCUT2D eigenvalue weighted by Gasteiger charge is 2.19. The van der Waals surface area contributed by atoms with Crippen molar-refractivity contribution in [1.82, 2.24) is 9.80 Å². The van der Waals surface area contributed by atoms with Gasteiger partial charge in [0.25, 0.3) is 0 Å². The molecule has 0 spiro atoms. The predicted molar refractivity (Wildman–Crippen MR) is 63.0 cm³/mol. The molecule has 2 unspecified atom stereocenters. The average molecular weight is 215 g/mol. The Kier molecular flexibility index (Phi) is 5.53. The topological polar surface area (TPSA) is 41.7 Å². The van der Waals surface area contributed by atoms with Gasteiger partial charge >= 0.3 is 0 Å². The summed E-state index contributed by atoms with van der Waals surface area (Å²) in [6.45, 7) is 7.97. The number of hydrogen-bond donors (Lipinski definition) is 1. The average Bonchev–Trinajstić information content (AvgIpc) is 2.17. The minimum atomic E-state index is 0.360. The molecule has 0 saturated carbocycles. The Labute approximate surface area is 93.4 Å². The summed E-state index contributed by atoms with van der Waals surface area (Å²) in [6.07, 6.45) is 0.360. The Hall–Kier alpha value is -0.160. The molecule has 90 valence electrons. The molecule has 15 heavy (non-hydrogen) atoms. The summed E-state index contributed by atoms with van der Waals surface area (Å²) in [4.78, 5) is 4.65. The molecule has 4 nitrogen and oxygen atoms in total. The minimum absolute atomic E-state index is 0.360. The molecule has 2 N–H and O–H groups in total. The largest absolute Gasteiger partial charge is 0.374 e. The second kappa shape index (κ2) is 6.43. The van der Waals surface area contributed by atoms with Gasteiger partial charge in [0, 0.05) is 26.2 Å². The highest BCUT2D eigenvalue weighted by Crippen LogP contribution is 2.05. The number of ether oxygens (including phenoxy) is 1. The smallest absolute Gasteiger partial charge is 0.0829 e. The van der Waals surface area contributed by atoms with Crippen molar-refractivity contribution in [3.05, 3.63) is 0 Å². The van der Waals surface area contributed by atoms with Gasteiger partial charge in [0.1, 0.15) is 0 Å². The second-order valence-electron chi connectivity index (χ2n) is 4.82. The van der Waals surface area contributed by atoms with E-state index < -0.39 is 0 Å². The van der Waals surface area contributed by atoms with Gasteiger partial charge < -0.3 is 20.3 Å². The molecular weight excluding hydrogens is 190 g/mol. The van der Waals surface area contributed by atoms with Crippen LogP contribution in [0.2, 0.25) is 0 Å². The van der Waals surface area contributed by atoms with Gasteiger partial charge in [-0.25, -0.2) is 0 Å². The number of hydrogen-bond acceptors (Lipinski definition) is 4. The van der Waals surface area contributed by atoms with Crippen molar-refractivity contribution >= 4 is 0 Å². The van der Waals surface area contributed by atoms with E-state index >= 15 is 0 Å². The lowest BCUT2D eigenvalue weighted by Crippen LogP contribution is -2.46. The van der Waals surface area contributed by atoms with E-state index in [1.807, 2.05) is 0 Å². The van der Waals surface area contributed by atoms with Gasteiger partial charge in [0.05, 0.1) is 12.7 Å². The van der Waals surface area contributed by atoms with Crippen molar-refractivity contribution in [1.29, 1.82) is 0 Å². The van der Waals surface area contributed by atoms with E-state index in [9.17, 15) is 0 Å². The van der Waals surface area contributed by atoms with Gasteiger partial charge in [-0.2, -0.15) is 0 Å². The molecule has 0 aromatic rings. The van der Waals surface area contributed by atoms with Crippen LogP contribution in [0.15, 0.2) is 0 Å². The van der Waals surface area contributed by atoms with Crippen LogP contribution in [0, 0.1) is 5.92 Å². The molecule has 1 heterocycles. The molecule has 1 rings (SSSR count). The third-order valence-corrected chi connectivity index (χ3v) is 2.88. The van der Waals surface area contributed by atoms with Crippen LogP contribution in [0.5, 0.6) is 0 Å². The summed E-state index contributed by atoms with van der Waals surface area (Å²) in [5, 5.41) is 0. The Balaban J connectivity index is 2.21. The maximum absolute atomic E-state index is 5.72. The monoisotopic (exact) mass is 215 g/mol. The normalized spacial score (nSPS) is 25.8. The summed E-state index contributed by atoms with van der Waals surface area (Å²) >= 11 is 0. The van der Waals surface area contributed by atoms with Crippen molar-refractivity contribution in [2.24, 2.45) is 11.7 Å². The molecule has 0 aromatic heterocycles. The lowest BCUT2D eigenvalue weighted by atomic mass is 10.1. The van der Waals surface area contributed by atoms with Crippen molar-refractivity contribution in [3.8, 4) is 0 Å². The van der Waals surface area contributed by atoms with Crippen LogP contribution < -0.4 is 5.73 Å². The first-order valence-corrected chi connectivity index (χ1v) is 5.80. The fourth-order valence-corrected chi connectivity index (χ4v) is 2.01. The van der Waals surface area contributed by atoms with Gasteiger partial charge in [-0.05, 0) is 26.6 Å². The standard InChI is InChI=1S/C11H25N3O/c1-10(6-12)7-14(3)9-11-8-13(2)4-5-15-11/h10-11H,4-9,12H2,1-3H3. The van der Waals surface area contributed by atoms with Crippen molar-refractivity contribution in [3.63, 3.8) is 0 Å². The zero-order chi connectivity index (χ0) is 11.3. The Morgan fingerprint density at radius 3 is 2.93 bits per heavy atom. The molecule has 2 atom stereocenters. The second-order valence-corrected chi connectivity index (χ2v) is 4.82. The molecule has 0 amide bonds. The molecule has 0 aliphatic carbocycles. The summed E-state index contributed by atoms with van der Waals surface area (Å²) in [7, 11) is 4.29. The van der Waals surface area contributed by atoms with E-state index in [0.29, 0.717) is 12.0 Å². The van der Waals surface area contributed by atoms with Gasteiger partial charge in [-0.15, -0.1) is 0 Å². The van der Waals surface area contributed by atoms with Gasteiger partial charge in [-0.1, -0.05) is 6.92 Å². The van der Waals surface area contributed by atoms with Crippen LogP contribution in [-0.2, 0) is 4.74 Å². The van der Waals surface area contributed by atoms with E-state index in [2.05, 4.69) is 30.8 Å². The molecule has 4 heteroatoms. The van der Waals surface area contributed by atoms with Crippen molar-refractivity contribution in [2.75, 3.05) is 53.4 Å². The minimum Gasteiger partial charge on any atom is -0.374 e. The van der Waals surface area contributed by atoms with Crippen molar-refractivity contribution in [2.45, 2.75) is 13.0 Å². The van der Waals surface area contributed by atoms with E-state index in [0.717, 1.165) is 39.3 Å². The van der Waals surface area contributed by atoms with Crippen LogP contribution in [0.25, 0.3) is 0 Å². The SMILES string of the molecule is CC(CN)CN(C)CC1CN(C)CCO1. The lowest BCUT2D eigenvalue weighted by molar-refractivity contribution is -0.0335. The molecule has 1 fully saturated rings. The third-order valence-electron chi connectivity index (χ3n) is 2.88. The molecular formula is C11H25N3O. The van der Waals surface area contributed by atoms with Gasteiger partial charge in [0.15, 0.2) is 0 Å². The number of likely N-dealkylation sites (N-methyl/N-ethyl adjacent to an activating group) is 2. The van der Waals surface area contributed by atoms with E-state index in [1.165, 1.54) is 0 Å². The number of rotatable bonds is 5. The first-order chi connectivity index (χ1) is 7.11. The summed E-state index contributed by atoms with van der Waals surface area (Å²) < 4.78 is 5.72. The Morgan fingerprint density at radius 1 is 1.60 bits per heavy atom. The molecule has 0 bridgehead atoms. The molecule has 0 aromatic carbocycles. The fraction of sp³-hybridized carbons (Fsp3) is 1.00. The predicted octanol–water partition coefficient (Wildman–Crippen LogP) is -0.156. The van der Waals surface area contributed by atoms with E-state index in [1.54, 1.807) is 0 Å². The van der Waals surface area contributed by atoms with Crippen LogP contribution in [0.4, 0.5) is 0 Å². The fourth-order valence-electron chi connectivity index (χ4n) is 2.01. The highest BCUT2D eigenvalue weighted by molar-refractivity contribution is 4.72. The lowest BCUT2D eigenvalue weighted by Gasteiger charge is -2.33. The van der Waals surface area contributed by atoms with Gasteiger partial charge in [0.2, 0.25) is 0 Å². The summed E-state index contributed by atoms with van der Waals surface area (Å²) in [5.74, 6) is 0.566. The number of nitrogens with two attached hydrogens (primary N) is 1. The van der Waals surface area contributed by atoms with Crippen molar-refractivity contribution < 1.29 is 4.74 Å². The van der Waals surface area contributed by atoms with Crippen LogP contribution >= 0.6 is 0 Å². The highest BCUT2D eigenvalue weighted by atomic mass is 16.5. The maximum atomic E-state index is 5.72. The number of nitrogens with zero attached hydrogens (tertiary/aromatic N) is 2. The maximum Gasteiger partial charge on any atom is 0.0829 e. The van der Waals surface area contributed by atoms with Gasteiger partial charge in [-0.3, -0.25) is 0 Å². The molecule has 1 saturated heterocycles. The van der Waals surface area contributed by atoms with E-state index in [4.69, 9.17) is 10.5 Å².